The minimum atomic E-state index is -0.148. The predicted molar refractivity (Wildman–Crippen MR) is 56.9 cm³/mol. The number of fused-ring (bicyclic) bond motifs is 1. The summed E-state index contributed by atoms with van der Waals surface area (Å²) < 4.78 is 0. The zero-order chi connectivity index (χ0) is 10.1. The molecule has 72 valence electrons. The van der Waals surface area contributed by atoms with Crippen molar-refractivity contribution >= 4 is 16.6 Å². The minimum Gasteiger partial charge on any atom is -0.399 e. The molecule has 0 aliphatic rings. The van der Waals surface area contributed by atoms with Crippen molar-refractivity contribution < 1.29 is 0 Å². The Morgan fingerprint density at radius 2 is 2.07 bits per heavy atom. The van der Waals surface area contributed by atoms with Gasteiger partial charge in [0.2, 0.25) is 0 Å². The minimum absolute atomic E-state index is 0.148. The van der Waals surface area contributed by atoms with E-state index >= 15 is 0 Å². The number of hydrogen-bond donors (Lipinski definition) is 3. The van der Waals surface area contributed by atoms with E-state index in [1.54, 1.807) is 18.2 Å². The third-order valence-electron chi connectivity index (χ3n) is 2.17. The molecule has 0 aliphatic carbocycles. The van der Waals surface area contributed by atoms with Gasteiger partial charge in [0, 0.05) is 17.8 Å². The lowest BCUT2D eigenvalue weighted by Crippen LogP contribution is -2.15. The van der Waals surface area contributed by atoms with Crippen molar-refractivity contribution in [2.45, 2.75) is 6.54 Å². The Labute approximate surface area is 80.5 Å². The molecular formula is C10H11N3O. The number of H-pyrrole nitrogens is 1. The topological polar surface area (TPSA) is 84.9 Å². The average Bonchev–Trinajstić information content (AvgIpc) is 2.16. The molecule has 2 aromatic rings. The first-order valence-corrected chi connectivity index (χ1v) is 4.32. The van der Waals surface area contributed by atoms with Crippen LogP contribution in [-0.2, 0) is 6.54 Å². The highest BCUT2D eigenvalue weighted by Gasteiger charge is 2.00. The van der Waals surface area contributed by atoms with Crippen molar-refractivity contribution in [2.75, 3.05) is 5.73 Å². The van der Waals surface area contributed by atoms with Crippen LogP contribution in [0.5, 0.6) is 0 Å². The second-order valence-electron chi connectivity index (χ2n) is 3.17. The van der Waals surface area contributed by atoms with Gasteiger partial charge in [-0.15, -0.1) is 0 Å². The monoisotopic (exact) mass is 189 g/mol. The maximum absolute atomic E-state index is 11.4. The van der Waals surface area contributed by atoms with Gasteiger partial charge in [0.1, 0.15) is 0 Å². The van der Waals surface area contributed by atoms with Gasteiger partial charge in [0.15, 0.2) is 0 Å². The van der Waals surface area contributed by atoms with Gasteiger partial charge in [-0.3, -0.25) is 4.79 Å². The Balaban J connectivity index is 2.79. The van der Waals surface area contributed by atoms with Crippen molar-refractivity contribution in [3.05, 3.63) is 40.2 Å². The van der Waals surface area contributed by atoms with Crippen LogP contribution in [0.4, 0.5) is 5.69 Å². The average molecular weight is 189 g/mol. The number of pyridine rings is 1. The number of hydrogen-bond acceptors (Lipinski definition) is 3. The first kappa shape index (κ1) is 8.77. The first-order valence-electron chi connectivity index (χ1n) is 4.32. The maximum Gasteiger partial charge on any atom is 0.252 e. The van der Waals surface area contributed by atoms with Crippen LogP contribution < -0.4 is 17.0 Å². The molecule has 0 saturated carbocycles. The Morgan fingerprint density at radius 1 is 1.29 bits per heavy atom. The van der Waals surface area contributed by atoms with Gasteiger partial charge in [0.05, 0.1) is 5.52 Å². The molecule has 4 heteroatoms. The van der Waals surface area contributed by atoms with Crippen molar-refractivity contribution in [1.82, 2.24) is 4.98 Å². The third kappa shape index (κ3) is 1.36. The van der Waals surface area contributed by atoms with E-state index in [1.165, 1.54) is 0 Å². The van der Waals surface area contributed by atoms with Gasteiger partial charge in [-0.25, -0.2) is 0 Å². The van der Waals surface area contributed by atoms with Crippen LogP contribution in [0.2, 0.25) is 0 Å². The molecule has 0 aliphatic heterocycles. The summed E-state index contributed by atoms with van der Waals surface area (Å²) in [4.78, 5) is 14.1. The van der Waals surface area contributed by atoms with Crippen molar-refractivity contribution in [2.24, 2.45) is 5.73 Å². The van der Waals surface area contributed by atoms with Crippen LogP contribution in [-0.4, -0.2) is 4.98 Å². The number of nitrogen functional groups attached to an aromatic ring is 1. The van der Waals surface area contributed by atoms with Crippen LogP contribution in [0, 0.1) is 0 Å². The fourth-order valence-corrected chi connectivity index (χ4v) is 1.42. The van der Waals surface area contributed by atoms with E-state index in [0.29, 0.717) is 11.3 Å². The first-order chi connectivity index (χ1) is 6.70. The van der Waals surface area contributed by atoms with Crippen LogP contribution in [0.1, 0.15) is 5.56 Å². The largest absolute Gasteiger partial charge is 0.399 e. The summed E-state index contributed by atoms with van der Waals surface area (Å²) in [6.45, 7) is 0.246. The second kappa shape index (κ2) is 3.16. The molecule has 0 fully saturated rings. The lowest BCUT2D eigenvalue weighted by molar-refractivity contribution is 1.03. The molecule has 0 radical (unpaired) electrons. The van der Waals surface area contributed by atoms with E-state index in [2.05, 4.69) is 4.98 Å². The number of anilines is 1. The summed E-state index contributed by atoms with van der Waals surface area (Å²) in [7, 11) is 0. The number of aromatic amines is 1. The van der Waals surface area contributed by atoms with E-state index in [0.717, 1.165) is 10.9 Å². The van der Waals surface area contributed by atoms with Crippen LogP contribution in [0.15, 0.2) is 29.1 Å². The number of nitrogens with two attached hydrogens (primary N) is 2. The molecule has 5 N–H and O–H groups in total. The zero-order valence-corrected chi connectivity index (χ0v) is 7.58. The number of rotatable bonds is 1. The molecule has 1 aromatic carbocycles. The van der Waals surface area contributed by atoms with Crippen molar-refractivity contribution in [3.8, 4) is 0 Å². The fraction of sp³-hybridized carbons (Fsp3) is 0.100. The Hall–Kier alpha value is -1.81. The van der Waals surface area contributed by atoms with Gasteiger partial charge in [-0.05, 0) is 23.6 Å². The highest BCUT2D eigenvalue weighted by atomic mass is 16.1. The van der Waals surface area contributed by atoms with Gasteiger partial charge in [-0.2, -0.15) is 0 Å². The second-order valence-corrected chi connectivity index (χ2v) is 3.17. The van der Waals surface area contributed by atoms with Crippen LogP contribution >= 0.6 is 0 Å². The number of nitrogens with one attached hydrogen (secondary N) is 1. The summed E-state index contributed by atoms with van der Waals surface area (Å²) in [6, 6.07) is 7.17. The smallest absolute Gasteiger partial charge is 0.252 e. The van der Waals surface area contributed by atoms with Gasteiger partial charge in [-0.1, -0.05) is 6.07 Å². The molecule has 4 nitrogen and oxygen atoms in total. The Kier molecular flexibility index (Phi) is 1.98. The molecule has 2 rings (SSSR count). The summed E-state index contributed by atoms with van der Waals surface area (Å²) in [5.74, 6) is 0. The Bertz CT molecular complexity index is 530. The van der Waals surface area contributed by atoms with Gasteiger partial charge in [0.25, 0.3) is 5.56 Å². The maximum atomic E-state index is 11.4. The van der Waals surface area contributed by atoms with E-state index in [9.17, 15) is 4.79 Å². The highest BCUT2D eigenvalue weighted by Crippen LogP contribution is 2.14. The lowest BCUT2D eigenvalue weighted by atomic mass is 10.1. The zero-order valence-electron chi connectivity index (χ0n) is 7.58. The predicted octanol–water partition coefficient (Wildman–Crippen LogP) is 0.569. The van der Waals surface area contributed by atoms with E-state index in [-0.39, 0.29) is 12.1 Å². The SMILES string of the molecule is NCc1cc2ccc(N)cc2[nH]c1=O. The van der Waals surface area contributed by atoms with E-state index in [4.69, 9.17) is 11.5 Å². The van der Waals surface area contributed by atoms with Crippen LogP contribution in [0.3, 0.4) is 0 Å². The molecule has 1 aromatic heterocycles. The van der Waals surface area contributed by atoms with Gasteiger partial charge < -0.3 is 16.5 Å². The highest BCUT2D eigenvalue weighted by molar-refractivity contribution is 5.81. The normalized spacial score (nSPS) is 10.6. The third-order valence-corrected chi connectivity index (χ3v) is 2.17. The lowest BCUT2D eigenvalue weighted by Gasteiger charge is -2.01. The summed E-state index contributed by atoms with van der Waals surface area (Å²) in [5, 5.41) is 0.944. The number of aromatic nitrogens is 1. The Morgan fingerprint density at radius 3 is 2.79 bits per heavy atom. The standard InChI is InChI=1S/C10H11N3O/c11-5-7-3-6-1-2-8(12)4-9(6)13-10(7)14/h1-4H,5,11-12H2,(H,13,14). The molecule has 0 atom stereocenters. The van der Waals surface area contributed by atoms with E-state index < -0.39 is 0 Å². The molecule has 14 heavy (non-hydrogen) atoms. The molecule has 0 bridgehead atoms. The van der Waals surface area contributed by atoms with E-state index in [1.807, 2.05) is 6.07 Å². The summed E-state index contributed by atoms with van der Waals surface area (Å²) in [6.07, 6.45) is 0. The van der Waals surface area contributed by atoms with Crippen molar-refractivity contribution in [1.29, 1.82) is 0 Å². The molecule has 1 heterocycles. The quantitative estimate of drug-likeness (QED) is 0.573. The summed E-state index contributed by atoms with van der Waals surface area (Å²) in [5.41, 5.74) is 12.8. The number of benzene rings is 1. The molecule has 0 spiro atoms. The molecule has 0 unspecified atom stereocenters. The molecular weight excluding hydrogens is 178 g/mol. The van der Waals surface area contributed by atoms with Crippen LogP contribution in [0.25, 0.3) is 10.9 Å². The molecule has 0 amide bonds. The van der Waals surface area contributed by atoms with Crippen molar-refractivity contribution in [3.63, 3.8) is 0 Å². The molecule has 0 saturated heterocycles. The summed E-state index contributed by atoms with van der Waals surface area (Å²) >= 11 is 0. The fourth-order valence-electron chi connectivity index (χ4n) is 1.42. The van der Waals surface area contributed by atoms with Gasteiger partial charge >= 0.3 is 0 Å².